The van der Waals surface area contributed by atoms with Crippen molar-refractivity contribution in [1.29, 1.82) is 0 Å². The van der Waals surface area contributed by atoms with Crippen LogP contribution in [0.5, 0.6) is 5.75 Å². The Morgan fingerprint density at radius 1 is 1.08 bits per heavy atom. The number of rotatable bonds is 4. The molecule has 128 valence electrons. The molecule has 0 saturated heterocycles. The van der Waals surface area contributed by atoms with Gasteiger partial charge in [0.25, 0.3) is 5.91 Å². The van der Waals surface area contributed by atoms with Crippen molar-refractivity contribution in [1.82, 2.24) is 19.5 Å². The minimum Gasteiger partial charge on any atom is -0.508 e. The molecule has 2 N–H and O–H groups in total. The largest absolute Gasteiger partial charge is 0.508 e. The van der Waals surface area contributed by atoms with Crippen molar-refractivity contribution >= 4 is 22.8 Å². The smallest absolute Gasteiger partial charge is 0.257 e. The predicted molar refractivity (Wildman–Crippen MR) is 96.9 cm³/mol. The van der Waals surface area contributed by atoms with Crippen molar-refractivity contribution in [2.75, 3.05) is 5.32 Å². The minimum absolute atomic E-state index is 0.0876. The molecule has 4 aromatic rings. The lowest BCUT2D eigenvalue weighted by Crippen LogP contribution is -2.12. The Balaban J connectivity index is 1.57. The van der Waals surface area contributed by atoms with Crippen LogP contribution in [0.1, 0.15) is 16.1 Å². The highest BCUT2D eigenvalue weighted by Gasteiger charge is 2.11. The van der Waals surface area contributed by atoms with Crippen LogP contribution >= 0.6 is 0 Å². The summed E-state index contributed by atoms with van der Waals surface area (Å²) in [7, 11) is 0. The number of benzene rings is 1. The first-order valence-electron chi connectivity index (χ1n) is 8.00. The molecule has 0 unspecified atom stereocenters. The van der Waals surface area contributed by atoms with Crippen LogP contribution in [-0.4, -0.2) is 30.5 Å². The van der Waals surface area contributed by atoms with Crippen LogP contribution < -0.4 is 5.32 Å². The molecule has 4 rings (SSSR count). The molecule has 7 nitrogen and oxygen atoms in total. The van der Waals surface area contributed by atoms with E-state index >= 15 is 0 Å². The van der Waals surface area contributed by atoms with E-state index in [1.165, 1.54) is 18.3 Å². The summed E-state index contributed by atoms with van der Waals surface area (Å²) in [4.78, 5) is 25.4. The van der Waals surface area contributed by atoms with Gasteiger partial charge in [0, 0.05) is 24.1 Å². The summed E-state index contributed by atoms with van der Waals surface area (Å²) < 4.78 is 1.88. The molecule has 0 atom stereocenters. The van der Waals surface area contributed by atoms with Crippen molar-refractivity contribution in [2.45, 2.75) is 6.54 Å². The van der Waals surface area contributed by atoms with E-state index in [2.05, 4.69) is 20.3 Å². The number of hydrogen-bond acceptors (Lipinski definition) is 5. The maximum absolute atomic E-state index is 12.4. The number of fused-ring (bicyclic) bond motifs is 1. The second-order valence-electron chi connectivity index (χ2n) is 5.76. The molecule has 1 aromatic carbocycles. The van der Waals surface area contributed by atoms with Crippen molar-refractivity contribution < 1.29 is 9.90 Å². The highest BCUT2D eigenvalue weighted by molar-refractivity contribution is 6.05. The Kier molecular flexibility index (Phi) is 4.03. The Labute approximate surface area is 149 Å². The number of pyridine rings is 2. The van der Waals surface area contributed by atoms with Crippen molar-refractivity contribution in [3.05, 3.63) is 78.5 Å². The first-order valence-corrected chi connectivity index (χ1v) is 8.00. The number of aromatic nitrogens is 4. The lowest BCUT2D eigenvalue weighted by atomic mass is 10.2. The van der Waals surface area contributed by atoms with E-state index in [1.807, 2.05) is 22.8 Å². The van der Waals surface area contributed by atoms with Crippen molar-refractivity contribution in [2.24, 2.45) is 0 Å². The predicted octanol–water partition coefficient (Wildman–Crippen LogP) is 2.83. The summed E-state index contributed by atoms with van der Waals surface area (Å²) in [6, 6.07) is 13.8. The molecule has 0 aliphatic carbocycles. The number of carbonyl (C=O) groups is 1. The van der Waals surface area contributed by atoms with Gasteiger partial charge < -0.3 is 15.0 Å². The number of imidazole rings is 1. The molecule has 0 radical (unpaired) electrons. The standard InChI is InChI=1S/C19H15N5O2/c25-16-6-3-5-14(9-16)23-19(26)13-8-17-18(21-10-13)24(12-22-17)11-15-4-1-2-7-20-15/h1-10,12,25H,11H2,(H,23,26). The van der Waals surface area contributed by atoms with Crippen LogP contribution in [-0.2, 0) is 6.54 Å². The van der Waals surface area contributed by atoms with E-state index in [0.29, 0.717) is 29.0 Å². The summed E-state index contributed by atoms with van der Waals surface area (Å²) in [5.74, 6) is -0.228. The average molecular weight is 345 g/mol. The molecule has 0 bridgehead atoms. The van der Waals surface area contributed by atoms with Crippen molar-refractivity contribution in [3.63, 3.8) is 0 Å². The first kappa shape index (κ1) is 15.8. The second kappa shape index (κ2) is 6.64. The summed E-state index contributed by atoms with van der Waals surface area (Å²) >= 11 is 0. The molecule has 3 aromatic heterocycles. The number of anilines is 1. The highest BCUT2D eigenvalue weighted by Crippen LogP contribution is 2.18. The van der Waals surface area contributed by atoms with Gasteiger partial charge in [-0.3, -0.25) is 9.78 Å². The monoisotopic (exact) mass is 345 g/mol. The van der Waals surface area contributed by atoms with E-state index in [-0.39, 0.29) is 11.7 Å². The zero-order chi connectivity index (χ0) is 17.9. The minimum atomic E-state index is -0.315. The Morgan fingerprint density at radius 3 is 2.81 bits per heavy atom. The molecule has 1 amide bonds. The van der Waals surface area contributed by atoms with E-state index in [4.69, 9.17) is 0 Å². The quantitative estimate of drug-likeness (QED) is 0.593. The van der Waals surface area contributed by atoms with Crippen LogP contribution in [0.15, 0.2) is 67.3 Å². The van der Waals surface area contributed by atoms with Gasteiger partial charge in [0.1, 0.15) is 11.3 Å². The maximum atomic E-state index is 12.4. The molecule has 0 saturated carbocycles. The third-order valence-electron chi connectivity index (χ3n) is 3.88. The van der Waals surface area contributed by atoms with Crippen LogP contribution in [0, 0.1) is 0 Å². The second-order valence-corrected chi connectivity index (χ2v) is 5.76. The number of nitrogens with zero attached hydrogens (tertiary/aromatic N) is 4. The van der Waals surface area contributed by atoms with Gasteiger partial charge in [-0.2, -0.15) is 0 Å². The van der Waals surface area contributed by atoms with E-state index in [1.54, 1.807) is 30.7 Å². The van der Waals surface area contributed by atoms with Gasteiger partial charge >= 0.3 is 0 Å². The molecule has 0 aliphatic heterocycles. The third kappa shape index (κ3) is 3.23. The molecular formula is C19H15N5O2. The Morgan fingerprint density at radius 2 is 2.00 bits per heavy atom. The molecule has 0 spiro atoms. The highest BCUT2D eigenvalue weighted by atomic mass is 16.3. The molecule has 0 fully saturated rings. The zero-order valence-corrected chi connectivity index (χ0v) is 13.7. The normalized spacial score (nSPS) is 10.8. The Bertz CT molecular complexity index is 1080. The third-order valence-corrected chi connectivity index (χ3v) is 3.88. The van der Waals surface area contributed by atoms with Gasteiger partial charge in [0.15, 0.2) is 5.65 Å². The van der Waals surface area contributed by atoms with E-state index in [0.717, 1.165) is 5.69 Å². The fraction of sp³-hybridized carbons (Fsp3) is 0.0526. The van der Waals surface area contributed by atoms with Crippen LogP contribution in [0.2, 0.25) is 0 Å². The molecule has 0 aliphatic rings. The summed E-state index contributed by atoms with van der Waals surface area (Å²) in [5, 5.41) is 12.2. The van der Waals surface area contributed by atoms with Gasteiger partial charge in [0.05, 0.1) is 24.1 Å². The molecule has 3 heterocycles. The number of phenols is 1. The average Bonchev–Trinajstić information content (AvgIpc) is 3.05. The van der Waals surface area contributed by atoms with Gasteiger partial charge in [0.2, 0.25) is 0 Å². The van der Waals surface area contributed by atoms with Crippen LogP contribution in [0.4, 0.5) is 5.69 Å². The molecule has 26 heavy (non-hydrogen) atoms. The first-order chi connectivity index (χ1) is 12.7. The number of carbonyl (C=O) groups excluding carboxylic acids is 1. The van der Waals surface area contributed by atoms with Crippen molar-refractivity contribution in [3.8, 4) is 5.75 Å². The fourth-order valence-corrected chi connectivity index (χ4v) is 2.64. The van der Waals surface area contributed by atoms with Gasteiger partial charge in [-0.15, -0.1) is 0 Å². The van der Waals surface area contributed by atoms with E-state index < -0.39 is 0 Å². The molecular weight excluding hydrogens is 330 g/mol. The summed E-state index contributed by atoms with van der Waals surface area (Å²) in [6.07, 6.45) is 4.94. The van der Waals surface area contributed by atoms with Crippen LogP contribution in [0.3, 0.4) is 0 Å². The SMILES string of the molecule is O=C(Nc1cccc(O)c1)c1cnc2c(c1)ncn2Cc1ccccn1. The number of phenolic OH excluding ortho intramolecular Hbond substituents is 1. The fourth-order valence-electron chi connectivity index (χ4n) is 2.64. The summed E-state index contributed by atoms with van der Waals surface area (Å²) in [5.41, 5.74) is 3.12. The number of aromatic hydroxyl groups is 1. The maximum Gasteiger partial charge on any atom is 0.257 e. The lowest BCUT2D eigenvalue weighted by molar-refractivity contribution is 0.102. The number of amides is 1. The number of hydrogen-bond donors (Lipinski definition) is 2. The molecule has 7 heteroatoms. The number of nitrogens with one attached hydrogen (secondary N) is 1. The van der Waals surface area contributed by atoms with Gasteiger partial charge in [-0.1, -0.05) is 12.1 Å². The topological polar surface area (TPSA) is 92.9 Å². The summed E-state index contributed by atoms with van der Waals surface area (Å²) in [6.45, 7) is 0.555. The van der Waals surface area contributed by atoms with Crippen LogP contribution in [0.25, 0.3) is 11.2 Å². The zero-order valence-electron chi connectivity index (χ0n) is 13.7. The van der Waals surface area contributed by atoms with E-state index in [9.17, 15) is 9.90 Å². The Hall–Kier alpha value is -3.74. The van der Waals surface area contributed by atoms with Gasteiger partial charge in [-0.25, -0.2) is 9.97 Å². The lowest BCUT2D eigenvalue weighted by Gasteiger charge is -2.06. The van der Waals surface area contributed by atoms with Gasteiger partial charge in [-0.05, 0) is 30.3 Å².